The molecule has 2 aliphatic rings. The Bertz CT molecular complexity index is 288. The van der Waals surface area contributed by atoms with Crippen molar-refractivity contribution in [2.24, 2.45) is 5.41 Å². The fraction of sp³-hybridized carbons (Fsp3) is 0.929. The van der Waals surface area contributed by atoms with Gasteiger partial charge in [-0.05, 0) is 38.8 Å². The molecule has 2 aliphatic heterocycles. The minimum Gasteiger partial charge on any atom is -0.376 e. The highest BCUT2D eigenvalue weighted by atomic mass is 16.5. The van der Waals surface area contributed by atoms with E-state index in [0.29, 0.717) is 5.91 Å². The zero-order chi connectivity index (χ0) is 13.0. The summed E-state index contributed by atoms with van der Waals surface area (Å²) in [5.41, 5.74) is -0.159. The van der Waals surface area contributed by atoms with E-state index < -0.39 is 0 Å². The van der Waals surface area contributed by atoms with Crippen LogP contribution in [-0.2, 0) is 9.53 Å². The Morgan fingerprint density at radius 3 is 2.83 bits per heavy atom. The monoisotopic (exact) mass is 254 g/mol. The number of amides is 1. The predicted molar refractivity (Wildman–Crippen MR) is 71.4 cm³/mol. The van der Waals surface area contributed by atoms with Crippen LogP contribution in [0.3, 0.4) is 0 Å². The zero-order valence-corrected chi connectivity index (χ0v) is 11.7. The summed E-state index contributed by atoms with van der Waals surface area (Å²) in [6, 6.07) is 0. The van der Waals surface area contributed by atoms with Crippen LogP contribution >= 0.6 is 0 Å². The van der Waals surface area contributed by atoms with Crippen LogP contribution in [0.5, 0.6) is 0 Å². The normalized spacial score (nSPS) is 28.8. The summed E-state index contributed by atoms with van der Waals surface area (Å²) >= 11 is 0. The molecular weight excluding hydrogens is 228 g/mol. The van der Waals surface area contributed by atoms with E-state index in [4.69, 9.17) is 4.74 Å². The Balaban J connectivity index is 2.01. The summed E-state index contributed by atoms with van der Waals surface area (Å²) in [5, 5.41) is 3.33. The van der Waals surface area contributed by atoms with Crippen LogP contribution in [0, 0.1) is 5.41 Å². The minimum atomic E-state index is -0.159. The Morgan fingerprint density at radius 1 is 1.44 bits per heavy atom. The molecule has 1 unspecified atom stereocenters. The summed E-state index contributed by atoms with van der Waals surface area (Å²) in [4.78, 5) is 14.8. The van der Waals surface area contributed by atoms with Gasteiger partial charge in [-0.3, -0.25) is 4.79 Å². The van der Waals surface area contributed by atoms with Gasteiger partial charge >= 0.3 is 0 Å². The number of hydrogen-bond acceptors (Lipinski definition) is 3. The van der Waals surface area contributed by atoms with Gasteiger partial charge in [0.25, 0.3) is 0 Å². The van der Waals surface area contributed by atoms with Gasteiger partial charge in [0, 0.05) is 25.1 Å². The van der Waals surface area contributed by atoms with Crippen LogP contribution in [0.2, 0.25) is 0 Å². The Kier molecular flexibility index (Phi) is 4.62. The summed E-state index contributed by atoms with van der Waals surface area (Å²) < 4.78 is 5.75. The molecule has 2 saturated heterocycles. The molecule has 0 aromatic heterocycles. The average Bonchev–Trinajstić information content (AvgIpc) is 2.64. The quantitative estimate of drug-likeness (QED) is 0.810. The molecule has 0 aliphatic carbocycles. The lowest BCUT2D eigenvalue weighted by Gasteiger charge is -2.37. The molecule has 2 heterocycles. The maximum Gasteiger partial charge on any atom is 0.228 e. The van der Waals surface area contributed by atoms with E-state index in [1.165, 1.54) is 0 Å². The molecule has 4 heteroatoms. The summed E-state index contributed by atoms with van der Waals surface area (Å²) in [5.74, 6) is 0.341. The molecule has 1 amide bonds. The second-order valence-corrected chi connectivity index (χ2v) is 5.82. The topological polar surface area (TPSA) is 41.6 Å². The highest BCUT2D eigenvalue weighted by Gasteiger charge is 2.38. The van der Waals surface area contributed by atoms with Crippen molar-refractivity contribution in [3.63, 3.8) is 0 Å². The Morgan fingerprint density at radius 2 is 2.17 bits per heavy atom. The van der Waals surface area contributed by atoms with Crippen molar-refractivity contribution in [1.29, 1.82) is 0 Å². The van der Waals surface area contributed by atoms with Gasteiger partial charge in [-0.2, -0.15) is 0 Å². The summed E-state index contributed by atoms with van der Waals surface area (Å²) in [6.07, 6.45) is 4.10. The van der Waals surface area contributed by atoms with Crippen molar-refractivity contribution in [3.8, 4) is 0 Å². The van der Waals surface area contributed by atoms with Crippen LogP contribution in [0.1, 0.15) is 39.5 Å². The van der Waals surface area contributed by atoms with Crippen molar-refractivity contribution in [1.82, 2.24) is 10.2 Å². The molecule has 1 atom stereocenters. The smallest absolute Gasteiger partial charge is 0.228 e. The van der Waals surface area contributed by atoms with Crippen molar-refractivity contribution < 1.29 is 9.53 Å². The zero-order valence-electron chi connectivity index (χ0n) is 11.7. The average molecular weight is 254 g/mol. The fourth-order valence-corrected chi connectivity index (χ4v) is 2.90. The van der Waals surface area contributed by atoms with E-state index in [-0.39, 0.29) is 11.5 Å². The number of nitrogens with one attached hydrogen (secondary N) is 1. The molecule has 0 aromatic rings. The third kappa shape index (κ3) is 3.04. The van der Waals surface area contributed by atoms with Gasteiger partial charge in [-0.1, -0.05) is 13.8 Å². The molecule has 0 spiro atoms. The molecule has 104 valence electrons. The van der Waals surface area contributed by atoms with Crippen molar-refractivity contribution in [3.05, 3.63) is 0 Å². The number of carbonyl (C=O) groups excluding carboxylic acids is 1. The van der Waals surface area contributed by atoms with E-state index in [0.717, 1.165) is 58.5 Å². The van der Waals surface area contributed by atoms with E-state index in [1.807, 2.05) is 4.90 Å². The van der Waals surface area contributed by atoms with Crippen LogP contribution in [0.25, 0.3) is 0 Å². The number of nitrogens with zero attached hydrogens (tertiary/aromatic N) is 1. The molecule has 4 nitrogen and oxygen atoms in total. The predicted octanol–water partition coefficient (Wildman–Crippen LogP) is 1.40. The molecule has 2 rings (SSSR count). The molecule has 1 N–H and O–H groups in total. The first-order valence-electron chi connectivity index (χ1n) is 7.27. The number of carbonyl (C=O) groups is 1. The lowest BCUT2D eigenvalue weighted by Crippen LogP contribution is -2.49. The van der Waals surface area contributed by atoms with E-state index in [9.17, 15) is 4.79 Å². The van der Waals surface area contributed by atoms with Crippen molar-refractivity contribution in [2.45, 2.75) is 45.6 Å². The van der Waals surface area contributed by atoms with Gasteiger partial charge in [0.2, 0.25) is 5.91 Å². The molecule has 2 fully saturated rings. The highest BCUT2D eigenvalue weighted by Crippen LogP contribution is 2.31. The van der Waals surface area contributed by atoms with Gasteiger partial charge in [0.1, 0.15) is 0 Å². The van der Waals surface area contributed by atoms with E-state index in [2.05, 4.69) is 19.2 Å². The molecule has 18 heavy (non-hydrogen) atoms. The number of piperidine rings is 1. The van der Waals surface area contributed by atoms with Crippen molar-refractivity contribution >= 4 is 5.91 Å². The second kappa shape index (κ2) is 6.02. The van der Waals surface area contributed by atoms with E-state index >= 15 is 0 Å². The molecular formula is C14H26N2O2. The fourth-order valence-electron chi connectivity index (χ4n) is 2.90. The van der Waals surface area contributed by atoms with E-state index in [1.54, 1.807) is 0 Å². The summed E-state index contributed by atoms with van der Waals surface area (Å²) in [6.45, 7) is 8.61. The number of rotatable bonds is 2. The van der Waals surface area contributed by atoms with Gasteiger partial charge in [0.05, 0.1) is 6.10 Å². The molecule has 0 aromatic carbocycles. The first-order valence-corrected chi connectivity index (χ1v) is 7.27. The SMILES string of the molecule is CCC1CN(C(=O)C2(C)CCNCC2)CCCO1. The first-order chi connectivity index (χ1) is 8.65. The van der Waals surface area contributed by atoms with Gasteiger partial charge < -0.3 is 15.0 Å². The molecule has 0 saturated carbocycles. The Labute approximate surface area is 110 Å². The lowest BCUT2D eigenvalue weighted by molar-refractivity contribution is -0.143. The lowest BCUT2D eigenvalue weighted by atomic mass is 9.79. The van der Waals surface area contributed by atoms with Gasteiger partial charge in [0.15, 0.2) is 0 Å². The Hall–Kier alpha value is -0.610. The maximum absolute atomic E-state index is 12.7. The molecule has 0 radical (unpaired) electrons. The van der Waals surface area contributed by atoms with Gasteiger partial charge in [-0.15, -0.1) is 0 Å². The third-order valence-corrected chi connectivity index (χ3v) is 4.32. The highest BCUT2D eigenvalue weighted by molar-refractivity contribution is 5.82. The first kappa shape index (κ1) is 13.8. The standard InChI is InChI=1S/C14H26N2O2/c1-3-12-11-16(9-4-10-18-12)13(17)14(2)5-7-15-8-6-14/h12,15H,3-11H2,1-2H3. The largest absolute Gasteiger partial charge is 0.376 e. The van der Waals surface area contributed by atoms with Crippen molar-refractivity contribution in [2.75, 3.05) is 32.8 Å². The van der Waals surface area contributed by atoms with Crippen LogP contribution in [0.15, 0.2) is 0 Å². The maximum atomic E-state index is 12.7. The van der Waals surface area contributed by atoms with Gasteiger partial charge in [-0.25, -0.2) is 0 Å². The number of hydrogen-bond donors (Lipinski definition) is 1. The second-order valence-electron chi connectivity index (χ2n) is 5.82. The number of ether oxygens (including phenoxy) is 1. The molecule has 0 bridgehead atoms. The minimum absolute atomic E-state index is 0.159. The summed E-state index contributed by atoms with van der Waals surface area (Å²) in [7, 11) is 0. The third-order valence-electron chi connectivity index (χ3n) is 4.32. The van der Waals surface area contributed by atoms with Crippen LogP contribution in [0.4, 0.5) is 0 Å². The van der Waals surface area contributed by atoms with Crippen LogP contribution in [-0.4, -0.2) is 49.7 Å². The van der Waals surface area contributed by atoms with Crippen LogP contribution < -0.4 is 5.32 Å².